The van der Waals surface area contributed by atoms with Gasteiger partial charge in [0.05, 0.1) is 6.54 Å². The summed E-state index contributed by atoms with van der Waals surface area (Å²) in [4.78, 5) is 25.0. The molecule has 0 spiro atoms. The normalized spacial score (nSPS) is 16.5. The highest BCUT2D eigenvalue weighted by Gasteiger charge is 2.29. The number of piperazine rings is 1. The zero-order valence-electron chi connectivity index (χ0n) is 13.1. The predicted molar refractivity (Wildman–Crippen MR) is 91.3 cm³/mol. The number of imide groups is 1. The number of nitrogens with one attached hydrogen (secondary N) is 2. The number of hydrogen-bond donors (Lipinski definition) is 2. The van der Waals surface area contributed by atoms with Crippen LogP contribution in [0.2, 0.25) is 0 Å². The van der Waals surface area contributed by atoms with Crippen LogP contribution in [-0.4, -0.2) is 68.8 Å². The molecule has 2 N–H and O–H groups in total. The molecule has 1 saturated heterocycles. The van der Waals surface area contributed by atoms with Crippen molar-refractivity contribution in [1.29, 1.82) is 0 Å². The van der Waals surface area contributed by atoms with E-state index in [2.05, 4.69) is 17.2 Å². The number of amides is 3. The van der Waals surface area contributed by atoms with E-state index >= 15 is 0 Å². The van der Waals surface area contributed by atoms with Crippen molar-refractivity contribution in [3.05, 3.63) is 30.2 Å². The van der Waals surface area contributed by atoms with Crippen molar-refractivity contribution in [1.82, 2.24) is 19.8 Å². The van der Waals surface area contributed by atoms with Crippen LogP contribution in [0.4, 0.5) is 4.79 Å². The van der Waals surface area contributed by atoms with Crippen LogP contribution in [0.3, 0.4) is 0 Å². The lowest BCUT2D eigenvalue weighted by Gasteiger charge is -2.33. The van der Waals surface area contributed by atoms with Crippen molar-refractivity contribution in [3.8, 4) is 0 Å². The van der Waals surface area contributed by atoms with Gasteiger partial charge < -0.3 is 5.32 Å². The number of urea groups is 1. The molecule has 10 heteroatoms. The molecule has 0 unspecified atom stereocenters. The first-order valence-corrected chi connectivity index (χ1v) is 9.70. The molecule has 2 rings (SSSR count). The maximum atomic E-state index is 12.4. The molecule has 0 atom stereocenters. The molecule has 1 aliphatic heterocycles. The van der Waals surface area contributed by atoms with Gasteiger partial charge in [-0.05, 0) is 11.4 Å². The molecular weight excluding hydrogens is 352 g/mol. The second kappa shape index (κ2) is 8.38. The third kappa shape index (κ3) is 4.87. The molecular formula is C14H20N4O4S2. The highest BCUT2D eigenvalue weighted by Crippen LogP contribution is 2.21. The minimum atomic E-state index is -3.45. The Labute approximate surface area is 145 Å². The molecule has 1 aromatic rings. The molecule has 3 amide bonds. The van der Waals surface area contributed by atoms with E-state index in [9.17, 15) is 18.0 Å². The second-order valence-electron chi connectivity index (χ2n) is 5.16. The van der Waals surface area contributed by atoms with E-state index in [4.69, 9.17) is 0 Å². The Morgan fingerprint density at radius 2 is 2.00 bits per heavy atom. The number of nitrogens with zero attached hydrogens (tertiary/aromatic N) is 2. The van der Waals surface area contributed by atoms with Gasteiger partial charge in [-0.3, -0.25) is 15.0 Å². The summed E-state index contributed by atoms with van der Waals surface area (Å²) in [6.07, 6.45) is 1.51. The molecule has 1 aromatic heterocycles. The summed E-state index contributed by atoms with van der Waals surface area (Å²) in [5.74, 6) is -0.425. The number of carbonyl (C=O) groups is 2. The van der Waals surface area contributed by atoms with Crippen molar-refractivity contribution >= 4 is 33.3 Å². The zero-order chi connectivity index (χ0) is 17.6. The predicted octanol–water partition coefficient (Wildman–Crippen LogP) is 0.0662. The van der Waals surface area contributed by atoms with E-state index in [0.29, 0.717) is 30.4 Å². The van der Waals surface area contributed by atoms with E-state index in [0.717, 1.165) is 0 Å². The monoisotopic (exact) mass is 372 g/mol. The van der Waals surface area contributed by atoms with Crippen molar-refractivity contribution in [3.63, 3.8) is 0 Å². The fraction of sp³-hybridized carbons (Fsp3) is 0.429. The van der Waals surface area contributed by atoms with Gasteiger partial charge in [0.15, 0.2) is 0 Å². The molecule has 1 fully saturated rings. The smallest absolute Gasteiger partial charge is 0.321 e. The highest BCUT2D eigenvalue weighted by atomic mass is 32.2. The Morgan fingerprint density at radius 1 is 1.29 bits per heavy atom. The van der Waals surface area contributed by atoms with Gasteiger partial charge in [0.25, 0.3) is 10.0 Å². The maximum absolute atomic E-state index is 12.4. The number of carbonyl (C=O) groups excluding carboxylic acids is 2. The first kappa shape index (κ1) is 18.6. The quantitative estimate of drug-likeness (QED) is 0.689. The van der Waals surface area contributed by atoms with Gasteiger partial charge in [-0.2, -0.15) is 4.31 Å². The summed E-state index contributed by atoms with van der Waals surface area (Å²) in [6.45, 7) is 5.29. The van der Waals surface area contributed by atoms with Crippen LogP contribution in [0.1, 0.15) is 0 Å². The summed E-state index contributed by atoms with van der Waals surface area (Å²) < 4.78 is 26.5. The van der Waals surface area contributed by atoms with Crippen LogP contribution in [0, 0.1) is 0 Å². The summed E-state index contributed by atoms with van der Waals surface area (Å²) >= 11 is 1.19. The van der Waals surface area contributed by atoms with Crippen LogP contribution in [0.25, 0.3) is 0 Å². The molecule has 0 radical (unpaired) electrons. The van der Waals surface area contributed by atoms with Crippen molar-refractivity contribution in [2.75, 3.05) is 39.3 Å². The SMILES string of the molecule is C=CCNC(=O)NC(=O)CN1CCN(S(=O)(=O)c2cccs2)CC1. The molecule has 8 nitrogen and oxygen atoms in total. The summed E-state index contributed by atoms with van der Waals surface area (Å²) in [5, 5.41) is 6.39. The van der Waals surface area contributed by atoms with E-state index in [1.165, 1.54) is 21.7 Å². The molecule has 24 heavy (non-hydrogen) atoms. The van der Waals surface area contributed by atoms with E-state index in [1.807, 2.05) is 4.90 Å². The first-order valence-electron chi connectivity index (χ1n) is 7.38. The Hall–Kier alpha value is -1.75. The van der Waals surface area contributed by atoms with Gasteiger partial charge >= 0.3 is 6.03 Å². The third-order valence-corrected chi connectivity index (χ3v) is 6.72. The topological polar surface area (TPSA) is 98.8 Å². The standard InChI is InChI=1S/C14H20N4O4S2/c1-2-5-15-14(20)16-12(19)11-17-6-8-18(9-7-17)24(21,22)13-4-3-10-23-13/h2-4,10H,1,5-9,11H2,(H2,15,16,19,20). The second-order valence-corrected chi connectivity index (χ2v) is 8.27. The molecule has 0 aromatic carbocycles. The minimum Gasteiger partial charge on any atom is -0.334 e. The lowest BCUT2D eigenvalue weighted by Crippen LogP contribution is -2.52. The summed E-state index contributed by atoms with van der Waals surface area (Å²) in [7, 11) is -3.45. The van der Waals surface area contributed by atoms with Gasteiger partial charge in [0, 0.05) is 32.7 Å². The van der Waals surface area contributed by atoms with Gasteiger partial charge in [-0.25, -0.2) is 13.2 Å². The number of thiophene rings is 1. The van der Waals surface area contributed by atoms with Crippen LogP contribution in [-0.2, 0) is 14.8 Å². The van der Waals surface area contributed by atoms with Crippen molar-refractivity contribution in [2.45, 2.75) is 4.21 Å². The average molecular weight is 372 g/mol. The third-order valence-electron chi connectivity index (χ3n) is 3.45. The first-order chi connectivity index (χ1) is 11.4. The Kier molecular flexibility index (Phi) is 6.49. The summed E-state index contributed by atoms with van der Waals surface area (Å²) in [6, 6.07) is 2.72. The number of hydrogen-bond acceptors (Lipinski definition) is 6. The van der Waals surface area contributed by atoms with Crippen LogP contribution in [0.15, 0.2) is 34.4 Å². The van der Waals surface area contributed by atoms with Crippen molar-refractivity contribution < 1.29 is 18.0 Å². The Morgan fingerprint density at radius 3 is 2.58 bits per heavy atom. The van der Waals surface area contributed by atoms with E-state index in [-0.39, 0.29) is 13.1 Å². The number of sulfonamides is 1. The lowest BCUT2D eigenvalue weighted by molar-refractivity contribution is -0.121. The molecule has 132 valence electrons. The molecule has 0 saturated carbocycles. The van der Waals surface area contributed by atoms with E-state index in [1.54, 1.807) is 17.5 Å². The van der Waals surface area contributed by atoms with Crippen molar-refractivity contribution in [2.24, 2.45) is 0 Å². The van der Waals surface area contributed by atoms with E-state index < -0.39 is 22.0 Å². The highest BCUT2D eigenvalue weighted by molar-refractivity contribution is 7.91. The van der Waals surface area contributed by atoms with Crippen LogP contribution < -0.4 is 10.6 Å². The summed E-state index contributed by atoms with van der Waals surface area (Å²) in [5.41, 5.74) is 0. The molecule has 2 heterocycles. The van der Waals surface area contributed by atoms with Gasteiger partial charge in [0.2, 0.25) is 5.91 Å². The lowest BCUT2D eigenvalue weighted by atomic mass is 10.3. The number of rotatable bonds is 6. The average Bonchev–Trinajstić information content (AvgIpc) is 3.08. The molecule has 1 aliphatic rings. The fourth-order valence-electron chi connectivity index (χ4n) is 2.24. The van der Waals surface area contributed by atoms with Gasteiger partial charge in [-0.15, -0.1) is 17.9 Å². The minimum absolute atomic E-state index is 0.0500. The Balaban J connectivity index is 1.79. The van der Waals surface area contributed by atoms with Crippen LogP contribution >= 0.6 is 11.3 Å². The van der Waals surface area contributed by atoms with Gasteiger partial charge in [0.1, 0.15) is 4.21 Å². The van der Waals surface area contributed by atoms with Crippen LogP contribution in [0.5, 0.6) is 0 Å². The molecule has 0 aliphatic carbocycles. The maximum Gasteiger partial charge on any atom is 0.321 e. The van der Waals surface area contributed by atoms with Gasteiger partial charge in [-0.1, -0.05) is 12.1 Å². The Bertz CT molecular complexity index is 680. The zero-order valence-corrected chi connectivity index (χ0v) is 14.7. The fourth-order valence-corrected chi connectivity index (χ4v) is 4.81. The molecule has 0 bridgehead atoms. The largest absolute Gasteiger partial charge is 0.334 e.